The molecular weight excluding hydrogens is 214 g/mol. The minimum Gasteiger partial charge on any atom is -0.481 e. The first-order chi connectivity index (χ1) is 8.04. The van der Waals surface area contributed by atoms with Gasteiger partial charge in [0.25, 0.3) is 0 Å². The van der Waals surface area contributed by atoms with Crippen molar-refractivity contribution >= 4 is 11.7 Å². The first kappa shape index (κ1) is 13.6. The molecule has 0 aliphatic heterocycles. The van der Waals surface area contributed by atoms with Crippen LogP contribution in [0.15, 0.2) is 18.2 Å². The van der Waals surface area contributed by atoms with Crippen molar-refractivity contribution in [3.05, 3.63) is 29.3 Å². The number of carboxylic acids is 1. The van der Waals surface area contributed by atoms with Crippen LogP contribution in [-0.4, -0.2) is 17.1 Å². The van der Waals surface area contributed by atoms with E-state index in [1.807, 2.05) is 6.92 Å². The summed E-state index contributed by atoms with van der Waals surface area (Å²) in [4.78, 5) is 10.5. The van der Waals surface area contributed by atoms with Gasteiger partial charge in [0.15, 0.2) is 0 Å². The lowest BCUT2D eigenvalue weighted by Crippen LogP contribution is -2.18. The molecule has 94 valence electrons. The Morgan fingerprint density at radius 3 is 2.76 bits per heavy atom. The molecule has 0 amide bonds. The largest absolute Gasteiger partial charge is 0.481 e. The molecule has 0 aliphatic carbocycles. The van der Waals surface area contributed by atoms with Gasteiger partial charge in [0.1, 0.15) is 0 Å². The van der Waals surface area contributed by atoms with Crippen LogP contribution in [0.1, 0.15) is 37.8 Å². The van der Waals surface area contributed by atoms with Crippen LogP contribution < -0.4 is 5.32 Å². The van der Waals surface area contributed by atoms with Crippen LogP contribution >= 0.6 is 0 Å². The Morgan fingerprint density at radius 1 is 1.47 bits per heavy atom. The highest BCUT2D eigenvalue weighted by atomic mass is 16.4. The molecule has 0 radical (unpaired) electrons. The van der Waals surface area contributed by atoms with Crippen molar-refractivity contribution < 1.29 is 9.90 Å². The van der Waals surface area contributed by atoms with Gasteiger partial charge in [0, 0.05) is 18.2 Å². The van der Waals surface area contributed by atoms with E-state index in [-0.39, 0.29) is 12.5 Å². The zero-order valence-electron chi connectivity index (χ0n) is 10.8. The van der Waals surface area contributed by atoms with E-state index in [1.54, 1.807) is 0 Å². The zero-order valence-corrected chi connectivity index (χ0v) is 10.8. The molecule has 0 bridgehead atoms. The van der Waals surface area contributed by atoms with Crippen LogP contribution in [0.3, 0.4) is 0 Å². The van der Waals surface area contributed by atoms with Gasteiger partial charge in [-0.05, 0) is 37.8 Å². The number of carboxylic acid groups (broad SMARTS) is 1. The Bertz CT molecular complexity index is 388. The van der Waals surface area contributed by atoms with E-state index in [0.29, 0.717) is 6.42 Å². The van der Waals surface area contributed by atoms with Gasteiger partial charge in [-0.1, -0.05) is 25.1 Å². The molecule has 1 atom stereocenters. The van der Waals surface area contributed by atoms with Gasteiger partial charge in [-0.15, -0.1) is 0 Å². The molecule has 0 aliphatic rings. The Morgan fingerprint density at radius 2 is 2.18 bits per heavy atom. The van der Waals surface area contributed by atoms with Crippen molar-refractivity contribution in [3.8, 4) is 0 Å². The summed E-state index contributed by atoms with van der Waals surface area (Å²) < 4.78 is 0. The topological polar surface area (TPSA) is 49.3 Å². The van der Waals surface area contributed by atoms with E-state index >= 15 is 0 Å². The van der Waals surface area contributed by atoms with Crippen LogP contribution in [0.4, 0.5) is 5.69 Å². The number of anilines is 1. The highest BCUT2D eigenvalue weighted by Gasteiger charge is 2.09. The molecular formula is C14H21NO2. The molecule has 0 saturated heterocycles. The van der Waals surface area contributed by atoms with Crippen LogP contribution in [0.2, 0.25) is 0 Å². The first-order valence-corrected chi connectivity index (χ1v) is 6.11. The van der Waals surface area contributed by atoms with Crippen molar-refractivity contribution in [2.75, 3.05) is 5.32 Å². The fourth-order valence-corrected chi connectivity index (χ4v) is 1.89. The lowest BCUT2D eigenvalue weighted by atomic mass is 10.0. The number of aliphatic carboxylic acids is 1. The lowest BCUT2D eigenvalue weighted by Gasteiger charge is -2.19. The lowest BCUT2D eigenvalue weighted by molar-refractivity contribution is -0.137. The quantitative estimate of drug-likeness (QED) is 0.796. The number of rotatable bonds is 6. The maximum Gasteiger partial charge on any atom is 0.303 e. The summed E-state index contributed by atoms with van der Waals surface area (Å²) in [6.07, 6.45) is 1.84. The number of benzene rings is 1. The third-order valence-corrected chi connectivity index (χ3v) is 2.92. The fraction of sp³-hybridized carbons (Fsp3) is 0.500. The van der Waals surface area contributed by atoms with Gasteiger partial charge in [-0.2, -0.15) is 0 Å². The third kappa shape index (κ3) is 4.10. The van der Waals surface area contributed by atoms with E-state index < -0.39 is 5.97 Å². The summed E-state index contributed by atoms with van der Waals surface area (Å²) in [6, 6.07) is 6.42. The Labute approximate surface area is 103 Å². The normalized spacial score (nSPS) is 12.2. The Hall–Kier alpha value is -1.51. The molecule has 0 aromatic heterocycles. The molecule has 0 spiro atoms. The van der Waals surface area contributed by atoms with E-state index in [1.165, 1.54) is 11.1 Å². The van der Waals surface area contributed by atoms with Gasteiger partial charge in [0.05, 0.1) is 0 Å². The smallest absolute Gasteiger partial charge is 0.303 e. The van der Waals surface area contributed by atoms with Crippen molar-refractivity contribution in [1.29, 1.82) is 0 Å². The summed E-state index contributed by atoms with van der Waals surface area (Å²) in [5.41, 5.74) is 3.66. The third-order valence-electron chi connectivity index (χ3n) is 2.92. The summed E-state index contributed by atoms with van der Waals surface area (Å²) in [5.74, 6) is -0.737. The van der Waals surface area contributed by atoms with Crippen LogP contribution in [0.5, 0.6) is 0 Å². The molecule has 1 rings (SSSR count). The fourth-order valence-electron chi connectivity index (χ4n) is 1.89. The SMILES string of the molecule is CCc1cccc(C)c1NC(C)CCC(=O)O. The number of hydrogen-bond acceptors (Lipinski definition) is 2. The molecule has 2 N–H and O–H groups in total. The summed E-state index contributed by atoms with van der Waals surface area (Å²) in [5, 5.41) is 12.1. The second-order valence-electron chi connectivity index (χ2n) is 4.44. The summed E-state index contributed by atoms with van der Waals surface area (Å²) >= 11 is 0. The highest BCUT2D eigenvalue weighted by Crippen LogP contribution is 2.22. The predicted octanol–water partition coefficient (Wildman–Crippen LogP) is 3.22. The van der Waals surface area contributed by atoms with Gasteiger partial charge in [-0.3, -0.25) is 4.79 Å². The highest BCUT2D eigenvalue weighted by molar-refractivity contribution is 5.66. The molecule has 0 heterocycles. The van der Waals surface area contributed by atoms with Crippen molar-refractivity contribution in [2.24, 2.45) is 0 Å². The minimum absolute atomic E-state index is 0.178. The molecule has 0 fully saturated rings. The van der Waals surface area contributed by atoms with Crippen LogP contribution in [0.25, 0.3) is 0 Å². The number of hydrogen-bond donors (Lipinski definition) is 2. The van der Waals surface area contributed by atoms with E-state index in [2.05, 4.69) is 37.4 Å². The van der Waals surface area contributed by atoms with Crippen molar-refractivity contribution in [1.82, 2.24) is 0 Å². The number of carbonyl (C=O) groups is 1. The molecule has 3 nitrogen and oxygen atoms in total. The Balaban J connectivity index is 2.70. The second-order valence-corrected chi connectivity index (χ2v) is 4.44. The molecule has 1 unspecified atom stereocenters. The predicted molar refractivity (Wildman–Crippen MR) is 70.5 cm³/mol. The van der Waals surface area contributed by atoms with Crippen LogP contribution in [0, 0.1) is 6.92 Å². The second kappa shape index (κ2) is 6.28. The molecule has 1 aromatic rings. The molecule has 3 heteroatoms. The molecule has 17 heavy (non-hydrogen) atoms. The Kier molecular flexibility index (Phi) is 5.01. The number of nitrogens with one attached hydrogen (secondary N) is 1. The summed E-state index contributed by atoms with van der Waals surface area (Å²) in [7, 11) is 0. The van der Waals surface area contributed by atoms with E-state index in [4.69, 9.17) is 5.11 Å². The molecule has 1 aromatic carbocycles. The maximum atomic E-state index is 10.5. The first-order valence-electron chi connectivity index (χ1n) is 6.11. The standard InChI is InChI=1S/C14H21NO2/c1-4-12-7-5-6-10(2)14(12)15-11(3)8-9-13(16)17/h5-7,11,15H,4,8-9H2,1-3H3,(H,16,17). The zero-order chi connectivity index (χ0) is 12.8. The van der Waals surface area contributed by atoms with E-state index in [9.17, 15) is 4.79 Å². The van der Waals surface area contributed by atoms with Gasteiger partial charge in [0.2, 0.25) is 0 Å². The monoisotopic (exact) mass is 235 g/mol. The van der Waals surface area contributed by atoms with Gasteiger partial charge < -0.3 is 10.4 Å². The van der Waals surface area contributed by atoms with Crippen LogP contribution in [-0.2, 0) is 11.2 Å². The van der Waals surface area contributed by atoms with Crippen molar-refractivity contribution in [2.45, 2.75) is 46.1 Å². The van der Waals surface area contributed by atoms with E-state index in [0.717, 1.165) is 12.1 Å². The average Bonchev–Trinajstić information content (AvgIpc) is 2.29. The molecule has 0 saturated carbocycles. The number of aryl methyl sites for hydroxylation is 2. The average molecular weight is 235 g/mol. The summed E-state index contributed by atoms with van der Waals surface area (Å²) in [6.45, 7) is 6.22. The minimum atomic E-state index is -0.737. The number of para-hydroxylation sites is 1. The maximum absolute atomic E-state index is 10.5. The van der Waals surface area contributed by atoms with Gasteiger partial charge >= 0.3 is 5.97 Å². The van der Waals surface area contributed by atoms with Gasteiger partial charge in [-0.25, -0.2) is 0 Å². The van der Waals surface area contributed by atoms with Crippen molar-refractivity contribution in [3.63, 3.8) is 0 Å².